The smallest absolute Gasteiger partial charge is 0.333 e. The minimum Gasteiger partial charge on any atom is -0.466 e. The summed E-state index contributed by atoms with van der Waals surface area (Å²) in [6.07, 6.45) is 1.91. The van der Waals surface area contributed by atoms with Crippen LogP contribution in [0.15, 0.2) is 29.3 Å². The number of hydrogen-bond acceptors (Lipinski definition) is 5. The van der Waals surface area contributed by atoms with Crippen LogP contribution in [-0.4, -0.2) is 49.8 Å². The van der Waals surface area contributed by atoms with Crippen molar-refractivity contribution in [2.75, 3.05) is 37.9 Å². The maximum atomic E-state index is 13.3. The summed E-state index contributed by atoms with van der Waals surface area (Å²) in [5.41, 5.74) is 0.557. The summed E-state index contributed by atoms with van der Waals surface area (Å²) in [7, 11) is 3.04. The second-order valence-corrected chi connectivity index (χ2v) is 6.21. The summed E-state index contributed by atoms with van der Waals surface area (Å²) in [5, 5.41) is 0.572. The largest absolute Gasteiger partial charge is 0.466 e. The van der Waals surface area contributed by atoms with Gasteiger partial charge in [-0.15, -0.1) is 0 Å². The normalized spacial score (nSPS) is 15.9. The maximum absolute atomic E-state index is 13.3. The van der Waals surface area contributed by atoms with E-state index in [0.29, 0.717) is 36.0 Å². The van der Waals surface area contributed by atoms with Gasteiger partial charge in [-0.05, 0) is 18.6 Å². The van der Waals surface area contributed by atoms with Crippen LogP contribution in [-0.2, 0) is 14.3 Å². The lowest BCUT2D eigenvalue weighted by atomic mass is 10.2. The van der Waals surface area contributed by atoms with E-state index in [2.05, 4.69) is 4.74 Å². The van der Waals surface area contributed by atoms with Crippen molar-refractivity contribution >= 4 is 29.3 Å². The van der Waals surface area contributed by atoms with Gasteiger partial charge >= 0.3 is 5.97 Å². The molecule has 0 saturated carbocycles. The fraction of sp³-hybridized carbons (Fsp3) is 0.375. The maximum Gasteiger partial charge on any atom is 0.333 e. The van der Waals surface area contributed by atoms with Crippen LogP contribution in [0.5, 0.6) is 0 Å². The lowest BCUT2D eigenvalue weighted by Crippen LogP contribution is -2.29. The van der Waals surface area contributed by atoms with Gasteiger partial charge in [0.1, 0.15) is 0 Å². The second-order valence-electron chi connectivity index (χ2n) is 5.21. The molecule has 1 aliphatic heterocycles. The number of halogens is 2. The fourth-order valence-electron chi connectivity index (χ4n) is 2.25. The Morgan fingerprint density at radius 3 is 2.83 bits per heavy atom. The van der Waals surface area contributed by atoms with Gasteiger partial charge < -0.3 is 14.5 Å². The molecule has 0 N–H and O–H groups in total. The number of ether oxygens (including phenoxy) is 1. The number of esters is 1. The van der Waals surface area contributed by atoms with Crippen molar-refractivity contribution in [2.24, 2.45) is 0 Å². The first-order valence-corrected chi connectivity index (χ1v) is 8.30. The molecule has 1 fully saturated rings. The lowest BCUT2D eigenvalue weighted by Gasteiger charge is -2.22. The van der Waals surface area contributed by atoms with E-state index in [1.807, 2.05) is 0 Å². The average molecular weight is 356 g/mol. The number of thioether (sulfide) groups is 1. The Morgan fingerprint density at radius 2 is 2.17 bits per heavy atom. The number of rotatable bonds is 6. The Kier molecular flexibility index (Phi) is 6.19. The number of amides is 1. The highest BCUT2D eigenvalue weighted by Gasteiger charge is 2.27. The van der Waals surface area contributed by atoms with Gasteiger partial charge in [-0.25, -0.2) is 13.6 Å². The zero-order chi connectivity index (χ0) is 17.7. The van der Waals surface area contributed by atoms with Crippen LogP contribution in [0.3, 0.4) is 0 Å². The summed E-state index contributed by atoms with van der Waals surface area (Å²) in [6.45, 7) is 0.980. The zero-order valence-electron chi connectivity index (χ0n) is 13.4. The molecule has 130 valence electrons. The monoisotopic (exact) mass is 356 g/mol. The van der Waals surface area contributed by atoms with Crippen LogP contribution in [0.25, 0.3) is 0 Å². The molecule has 0 atom stereocenters. The molecular formula is C16H18F2N2O3S. The Labute approximate surface area is 143 Å². The molecule has 0 aromatic heterocycles. The first-order chi connectivity index (χ1) is 11.4. The SMILES string of the molecule is COC(=O)/C=C1\SCC(=O)N1CCCN(C)c1ccc(F)c(F)c1. The first-order valence-electron chi connectivity index (χ1n) is 7.31. The number of nitrogens with zero attached hydrogens (tertiary/aromatic N) is 2. The van der Waals surface area contributed by atoms with Gasteiger partial charge in [0, 0.05) is 31.9 Å². The fourth-order valence-corrected chi connectivity index (χ4v) is 3.20. The third-order valence-corrected chi connectivity index (χ3v) is 4.60. The predicted molar refractivity (Wildman–Crippen MR) is 88.5 cm³/mol. The van der Waals surface area contributed by atoms with Crippen molar-refractivity contribution in [2.45, 2.75) is 6.42 Å². The summed E-state index contributed by atoms with van der Waals surface area (Å²) in [4.78, 5) is 26.5. The molecule has 0 bridgehead atoms. The van der Waals surface area contributed by atoms with Gasteiger partial charge in [-0.1, -0.05) is 11.8 Å². The van der Waals surface area contributed by atoms with Crippen molar-refractivity contribution in [1.29, 1.82) is 0 Å². The van der Waals surface area contributed by atoms with Crippen LogP contribution in [0.1, 0.15) is 6.42 Å². The van der Waals surface area contributed by atoms with E-state index in [1.165, 1.54) is 31.0 Å². The highest BCUT2D eigenvalue weighted by atomic mass is 32.2. The molecule has 5 nitrogen and oxygen atoms in total. The minimum absolute atomic E-state index is 0.0642. The van der Waals surface area contributed by atoms with Gasteiger partial charge in [0.25, 0.3) is 0 Å². The first kappa shape index (κ1) is 18.3. The topological polar surface area (TPSA) is 49.9 Å². The molecule has 1 aliphatic rings. The van der Waals surface area contributed by atoms with E-state index in [4.69, 9.17) is 0 Å². The van der Waals surface area contributed by atoms with Crippen molar-refractivity contribution in [3.05, 3.63) is 40.9 Å². The molecule has 0 unspecified atom stereocenters. The number of carbonyl (C=O) groups excluding carboxylic acids is 2. The summed E-state index contributed by atoms with van der Waals surface area (Å²) >= 11 is 1.29. The van der Waals surface area contributed by atoms with E-state index >= 15 is 0 Å². The number of anilines is 1. The van der Waals surface area contributed by atoms with Gasteiger partial charge in [0.05, 0.1) is 24.0 Å². The van der Waals surface area contributed by atoms with Crippen molar-refractivity contribution in [3.63, 3.8) is 0 Å². The Hall–Kier alpha value is -2.09. The third kappa shape index (κ3) is 4.47. The molecule has 1 amide bonds. The molecule has 1 aromatic rings. The quantitative estimate of drug-likeness (QED) is 0.579. The van der Waals surface area contributed by atoms with Crippen LogP contribution >= 0.6 is 11.8 Å². The van der Waals surface area contributed by atoms with Crippen molar-refractivity contribution in [3.8, 4) is 0 Å². The van der Waals surface area contributed by atoms with Gasteiger partial charge in [0.2, 0.25) is 5.91 Å². The van der Waals surface area contributed by atoms with Crippen LogP contribution in [0.4, 0.5) is 14.5 Å². The molecule has 0 aliphatic carbocycles. The van der Waals surface area contributed by atoms with E-state index in [9.17, 15) is 18.4 Å². The molecule has 1 aromatic carbocycles. The van der Waals surface area contributed by atoms with Crippen LogP contribution in [0, 0.1) is 11.6 Å². The molecule has 0 spiro atoms. The third-order valence-electron chi connectivity index (χ3n) is 3.57. The zero-order valence-corrected chi connectivity index (χ0v) is 14.2. The summed E-state index contributed by atoms with van der Waals surface area (Å²) in [6, 6.07) is 3.71. The van der Waals surface area contributed by atoms with Crippen molar-refractivity contribution < 1.29 is 23.1 Å². The lowest BCUT2D eigenvalue weighted by molar-refractivity contribution is -0.134. The van der Waals surface area contributed by atoms with Gasteiger partial charge in [-0.3, -0.25) is 4.79 Å². The second kappa shape index (κ2) is 8.14. The van der Waals surface area contributed by atoms with E-state index in [-0.39, 0.29) is 5.91 Å². The van der Waals surface area contributed by atoms with Gasteiger partial charge in [0.15, 0.2) is 11.6 Å². The highest BCUT2D eigenvalue weighted by Crippen LogP contribution is 2.29. The molecule has 8 heteroatoms. The number of hydrogen-bond donors (Lipinski definition) is 0. The molecule has 1 heterocycles. The summed E-state index contributed by atoms with van der Waals surface area (Å²) in [5.74, 6) is -2.05. The predicted octanol–water partition coefficient (Wildman–Crippen LogP) is 2.38. The Morgan fingerprint density at radius 1 is 1.42 bits per heavy atom. The van der Waals surface area contributed by atoms with Crippen LogP contribution < -0.4 is 4.90 Å². The van der Waals surface area contributed by atoms with E-state index in [1.54, 1.807) is 16.8 Å². The number of methoxy groups -OCH3 is 1. The van der Waals surface area contributed by atoms with E-state index < -0.39 is 17.6 Å². The average Bonchev–Trinajstić information content (AvgIpc) is 2.90. The Balaban J connectivity index is 1.92. The minimum atomic E-state index is -0.895. The molecular weight excluding hydrogens is 338 g/mol. The molecule has 24 heavy (non-hydrogen) atoms. The molecule has 0 radical (unpaired) electrons. The molecule has 1 saturated heterocycles. The number of carbonyl (C=O) groups is 2. The summed E-state index contributed by atoms with van der Waals surface area (Å²) < 4.78 is 30.8. The van der Waals surface area contributed by atoms with E-state index in [0.717, 1.165) is 12.1 Å². The standard InChI is InChI=1S/C16H18F2N2O3S/c1-19(11-4-5-12(17)13(18)8-11)6-3-7-20-14(21)10-24-15(20)9-16(22)23-2/h4-5,8-9H,3,6-7,10H2,1-2H3/b15-9-. The highest BCUT2D eigenvalue weighted by molar-refractivity contribution is 8.04. The molecule has 2 rings (SSSR count). The Bertz CT molecular complexity index is 667. The van der Waals surface area contributed by atoms with Crippen molar-refractivity contribution in [1.82, 2.24) is 4.90 Å². The number of benzene rings is 1. The van der Waals surface area contributed by atoms with Gasteiger partial charge in [-0.2, -0.15) is 0 Å². The van der Waals surface area contributed by atoms with Crippen LogP contribution in [0.2, 0.25) is 0 Å².